The normalized spacial score (nSPS) is 13.2. The maximum Gasteiger partial charge on any atom is 0.128 e. The summed E-state index contributed by atoms with van der Waals surface area (Å²) in [5.74, 6) is 1.37. The maximum atomic E-state index is 9.73. The molecule has 1 aromatic rings. The minimum absolute atomic E-state index is 0.218. The van der Waals surface area contributed by atoms with E-state index in [1.165, 1.54) is 0 Å². The molecule has 4 heteroatoms. The third-order valence-electron chi connectivity index (χ3n) is 3.19. The van der Waals surface area contributed by atoms with E-state index in [-0.39, 0.29) is 5.60 Å². The third-order valence-corrected chi connectivity index (χ3v) is 3.19. The smallest absolute Gasteiger partial charge is 0.128 e. The van der Waals surface area contributed by atoms with Gasteiger partial charge in [0.15, 0.2) is 0 Å². The number of methoxy groups -OCH3 is 2. The molecule has 0 bridgehead atoms. The fourth-order valence-corrected chi connectivity index (χ4v) is 1.62. The molecule has 0 saturated carbocycles. The molecule has 108 valence electrons. The first-order valence-corrected chi connectivity index (χ1v) is 6.43. The van der Waals surface area contributed by atoms with Gasteiger partial charge in [-0.1, -0.05) is 0 Å². The van der Waals surface area contributed by atoms with Crippen molar-refractivity contribution in [2.75, 3.05) is 20.8 Å². The van der Waals surface area contributed by atoms with E-state index in [0.717, 1.165) is 12.0 Å². The van der Waals surface area contributed by atoms with Gasteiger partial charge in [0.25, 0.3) is 0 Å². The van der Waals surface area contributed by atoms with Crippen LogP contribution in [0.5, 0.6) is 11.5 Å². The van der Waals surface area contributed by atoms with Crippen LogP contribution in [0.1, 0.15) is 38.9 Å². The number of aliphatic hydroxyl groups excluding tert-OH is 1. The van der Waals surface area contributed by atoms with Crippen LogP contribution in [0.4, 0.5) is 0 Å². The fourth-order valence-electron chi connectivity index (χ4n) is 1.62. The molecule has 0 heterocycles. The predicted molar refractivity (Wildman–Crippen MR) is 74.8 cm³/mol. The predicted octanol–water partition coefficient (Wildman–Crippen LogP) is 2.94. The summed E-state index contributed by atoms with van der Waals surface area (Å²) in [6, 6.07) is 5.43. The average molecular weight is 268 g/mol. The van der Waals surface area contributed by atoms with Crippen LogP contribution in [-0.4, -0.2) is 31.5 Å². The summed E-state index contributed by atoms with van der Waals surface area (Å²) in [7, 11) is 3.29. The number of hydrogen-bond donors (Lipinski definition) is 1. The molecule has 0 spiro atoms. The Bertz CT molecular complexity index is 399. The van der Waals surface area contributed by atoms with Gasteiger partial charge in [0.05, 0.1) is 25.4 Å². The summed E-state index contributed by atoms with van der Waals surface area (Å²) in [6.45, 7) is 6.26. The van der Waals surface area contributed by atoms with Crippen molar-refractivity contribution in [1.29, 1.82) is 0 Å². The van der Waals surface area contributed by atoms with Crippen molar-refractivity contribution in [1.82, 2.24) is 0 Å². The largest absolute Gasteiger partial charge is 0.497 e. The summed E-state index contributed by atoms with van der Waals surface area (Å²) in [4.78, 5) is 0. The van der Waals surface area contributed by atoms with Gasteiger partial charge in [-0.2, -0.15) is 0 Å². The molecule has 19 heavy (non-hydrogen) atoms. The maximum absolute atomic E-state index is 9.73. The third kappa shape index (κ3) is 4.73. The van der Waals surface area contributed by atoms with E-state index in [2.05, 4.69) is 0 Å². The highest BCUT2D eigenvalue weighted by Crippen LogP contribution is 2.30. The lowest BCUT2D eigenvalue weighted by molar-refractivity contribution is 0.00521. The highest BCUT2D eigenvalue weighted by atomic mass is 16.5. The van der Waals surface area contributed by atoms with E-state index in [1.807, 2.05) is 26.0 Å². The molecule has 0 saturated heterocycles. The Kier molecular flexibility index (Phi) is 5.63. The van der Waals surface area contributed by atoms with Crippen LogP contribution in [0.2, 0.25) is 0 Å². The van der Waals surface area contributed by atoms with Gasteiger partial charge in [0.2, 0.25) is 0 Å². The Morgan fingerprint density at radius 1 is 1.26 bits per heavy atom. The van der Waals surface area contributed by atoms with Crippen molar-refractivity contribution in [3.63, 3.8) is 0 Å². The van der Waals surface area contributed by atoms with Crippen molar-refractivity contribution in [3.05, 3.63) is 23.8 Å². The number of rotatable bonds is 7. The molecule has 1 N–H and O–H groups in total. The second kappa shape index (κ2) is 6.78. The SMILES string of the molecule is COc1ccc(C(C)O)c(OCCC(C)(C)OC)c1. The highest BCUT2D eigenvalue weighted by molar-refractivity contribution is 5.41. The van der Waals surface area contributed by atoms with Crippen LogP contribution < -0.4 is 9.47 Å². The summed E-state index contributed by atoms with van der Waals surface area (Å²) >= 11 is 0. The quantitative estimate of drug-likeness (QED) is 0.826. The van der Waals surface area contributed by atoms with Gasteiger partial charge in [-0.15, -0.1) is 0 Å². The first-order valence-electron chi connectivity index (χ1n) is 6.43. The zero-order valence-corrected chi connectivity index (χ0v) is 12.4. The summed E-state index contributed by atoms with van der Waals surface area (Å²) in [5, 5.41) is 9.73. The van der Waals surface area contributed by atoms with Gasteiger partial charge >= 0.3 is 0 Å². The molecule has 0 aromatic heterocycles. The van der Waals surface area contributed by atoms with Gasteiger partial charge in [-0.3, -0.25) is 0 Å². The van der Waals surface area contributed by atoms with E-state index >= 15 is 0 Å². The minimum atomic E-state index is -0.573. The van der Waals surface area contributed by atoms with Crippen molar-refractivity contribution >= 4 is 0 Å². The van der Waals surface area contributed by atoms with Crippen molar-refractivity contribution in [2.24, 2.45) is 0 Å². The number of benzene rings is 1. The molecule has 1 rings (SSSR count). The first kappa shape index (κ1) is 15.8. The van der Waals surface area contributed by atoms with Gasteiger partial charge < -0.3 is 19.3 Å². The first-order chi connectivity index (χ1) is 8.89. The van der Waals surface area contributed by atoms with E-state index in [0.29, 0.717) is 18.1 Å². The second-order valence-corrected chi connectivity index (χ2v) is 5.14. The van der Waals surface area contributed by atoms with Crippen LogP contribution in [0.25, 0.3) is 0 Å². The molecule has 0 fully saturated rings. The zero-order valence-electron chi connectivity index (χ0n) is 12.4. The average Bonchev–Trinajstić information content (AvgIpc) is 2.38. The van der Waals surface area contributed by atoms with Crippen LogP contribution in [0.15, 0.2) is 18.2 Å². The van der Waals surface area contributed by atoms with Crippen LogP contribution in [0.3, 0.4) is 0 Å². The standard InChI is InChI=1S/C15H24O4/c1-11(16)13-7-6-12(17-4)10-14(13)19-9-8-15(2,3)18-5/h6-7,10-11,16H,8-9H2,1-5H3. The van der Waals surface area contributed by atoms with Crippen LogP contribution >= 0.6 is 0 Å². The molecular weight excluding hydrogens is 244 g/mol. The van der Waals surface area contributed by atoms with Gasteiger partial charge in [0.1, 0.15) is 11.5 Å². The van der Waals surface area contributed by atoms with Crippen molar-refractivity contribution in [3.8, 4) is 11.5 Å². The summed E-state index contributed by atoms with van der Waals surface area (Å²) < 4.78 is 16.3. The molecule has 0 aliphatic heterocycles. The summed E-state index contributed by atoms with van der Waals surface area (Å²) in [6.07, 6.45) is 0.191. The van der Waals surface area contributed by atoms with Gasteiger partial charge in [0, 0.05) is 25.2 Å². The molecule has 0 aliphatic carbocycles. The fraction of sp³-hybridized carbons (Fsp3) is 0.600. The van der Waals surface area contributed by atoms with E-state index in [4.69, 9.17) is 14.2 Å². The Morgan fingerprint density at radius 2 is 1.95 bits per heavy atom. The topological polar surface area (TPSA) is 47.9 Å². The Balaban J connectivity index is 2.75. The van der Waals surface area contributed by atoms with E-state index in [1.54, 1.807) is 27.2 Å². The van der Waals surface area contributed by atoms with Gasteiger partial charge in [-0.05, 0) is 32.9 Å². The molecule has 0 radical (unpaired) electrons. The van der Waals surface area contributed by atoms with Crippen molar-refractivity contribution in [2.45, 2.75) is 38.9 Å². The number of ether oxygens (including phenoxy) is 3. The lowest BCUT2D eigenvalue weighted by atomic mass is 10.1. The lowest BCUT2D eigenvalue weighted by Crippen LogP contribution is -2.25. The molecule has 1 unspecified atom stereocenters. The number of hydrogen-bond acceptors (Lipinski definition) is 4. The molecule has 0 amide bonds. The summed E-state index contributed by atoms with van der Waals surface area (Å²) in [5.41, 5.74) is 0.542. The van der Waals surface area contributed by atoms with Gasteiger partial charge in [-0.25, -0.2) is 0 Å². The Labute approximate surface area is 115 Å². The van der Waals surface area contributed by atoms with Crippen molar-refractivity contribution < 1.29 is 19.3 Å². The molecule has 1 atom stereocenters. The van der Waals surface area contributed by atoms with E-state index < -0.39 is 6.10 Å². The lowest BCUT2D eigenvalue weighted by Gasteiger charge is -2.23. The second-order valence-electron chi connectivity index (χ2n) is 5.14. The monoisotopic (exact) mass is 268 g/mol. The molecular formula is C15H24O4. The van der Waals surface area contributed by atoms with Crippen LogP contribution in [0, 0.1) is 0 Å². The zero-order chi connectivity index (χ0) is 14.5. The molecule has 4 nitrogen and oxygen atoms in total. The number of aliphatic hydroxyl groups is 1. The molecule has 0 aliphatic rings. The Hall–Kier alpha value is -1.26. The van der Waals surface area contributed by atoms with Crippen LogP contribution in [-0.2, 0) is 4.74 Å². The van der Waals surface area contributed by atoms with E-state index in [9.17, 15) is 5.11 Å². The minimum Gasteiger partial charge on any atom is -0.497 e. The highest BCUT2D eigenvalue weighted by Gasteiger charge is 2.17. The Morgan fingerprint density at radius 3 is 2.47 bits per heavy atom. The molecule has 1 aromatic carbocycles.